The standard InChI is InChI=1S/C22H21NO2/c1-24-19-12-8-17(9-13-19)22-21(16-6-4-3-5-7-16)23(22)18-10-14-20(25-2)15-11-18/h3-15,21-22H,1-2H3/t21-,22+,23?/m0/s1. The Labute approximate surface area is 148 Å². The average Bonchev–Trinajstić information content (AvgIpc) is 3.44. The molecule has 0 aromatic heterocycles. The molecule has 3 heteroatoms. The Bertz CT molecular complexity index is 775. The number of benzene rings is 3. The average molecular weight is 331 g/mol. The van der Waals surface area contributed by atoms with Gasteiger partial charge in [0.1, 0.15) is 11.5 Å². The molecule has 0 aliphatic carbocycles. The van der Waals surface area contributed by atoms with E-state index in [4.69, 9.17) is 9.47 Å². The smallest absolute Gasteiger partial charge is 0.119 e. The molecule has 0 amide bonds. The number of ether oxygens (including phenoxy) is 2. The molecule has 3 nitrogen and oxygen atoms in total. The number of rotatable bonds is 5. The van der Waals surface area contributed by atoms with Gasteiger partial charge in [-0.15, -0.1) is 0 Å². The minimum Gasteiger partial charge on any atom is -0.497 e. The molecule has 1 saturated heterocycles. The summed E-state index contributed by atoms with van der Waals surface area (Å²) in [5.41, 5.74) is 3.83. The first-order valence-electron chi connectivity index (χ1n) is 8.43. The van der Waals surface area contributed by atoms with Crippen molar-refractivity contribution in [3.8, 4) is 11.5 Å². The Hall–Kier alpha value is -2.94. The molecular formula is C22H21NO2. The lowest BCUT2D eigenvalue weighted by atomic mass is 10.0. The zero-order valence-electron chi connectivity index (χ0n) is 14.4. The highest BCUT2D eigenvalue weighted by Gasteiger charge is 2.49. The van der Waals surface area contributed by atoms with E-state index in [1.54, 1.807) is 14.2 Å². The van der Waals surface area contributed by atoms with Crippen LogP contribution in [0.25, 0.3) is 0 Å². The second-order valence-corrected chi connectivity index (χ2v) is 6.18. The Balaban J connectivity index is 1.68. The highest BCUT2D eigenvalue weighted by atomic mass is 16.5. The molecule has 2 atom stereocenters. The van der Waals surface area contributed by atoms with Crippen molar-refractivity contribution in [2.45, 2.75) is 12.1 Å². The number of hydrogen-bond donors (Lipinski definition) is 0. The molecule has 0 bridgehead atoms. The monoisotopic (exact) mass is 331 g/mol. The fourth-order valence-corrected chi connectivity index (χ4v) is 3.44. The summed E-state index contributed by atoms with van der Waals surface area (Å²) < 4.78 is 10.6. The van der Waals surface area contributed by atoms with Crippen molar-refractivity contribution in [3.63, 3.8) is 0 Å². The first-order chi connectivity index (χ1) is 12.3. The quantitative estimate of drug-likeness (QED) is 0.614. The topological polar surface area (TPSA) is 21.5 Å². The number of anilines is 1. The van der Waals surface area contributed by atoms with Gasteiger partial charge in [-0.25, -0.2) is 0 Å². The van der Waals surface area contributed by atoms with E-state index >= 15 is 0 Å². The molecule has 1 aliphatic rings. The van der Waals surface area contributed by atoms with Gasteiger partial charge in [0, 0.05) is 5.69 Å². The van der Waals surface area contributed by atoms with Crippen LogP contribution in [-0.4, -0.2) is 14.2 Å². The summed E-state index contributed by atoms with van der Waals surface area (Å²) in [6, 6.07) is 28.0. The molecule has 0 unspecified atom stereocenters. The first kappa shape index (κ1) is 15.6. The van der Waals surface area contributed by atoms with Crippen LogP contribution in [0.1, 0.15) is 23.2 Å². The van der Waals surface area contributed by atoms with E-state index in [1.807, 2.05) is 24.3 Å². The summed E-state index contributed by atoms with van der Waals surface area (Å²) in [5.74, 6) is 1.76. The molecule has 4 rings (SSSR count). The summed E-state index contributed by atoms with van der Waals surface area (Å²) in [5, 5.41) is 0. The summed E-state index contributed by atoms with van der Waals surface area (Å²) in [4.78, 5) is 2.44. The molecule has 1 heterocycles. The van der Waals surface area contributed by atoms with Crippen LogP contribution in [0.3, 0.4) is 0 Å². The van der Waals surface area contributed by atoms with Crippen molar-refractivity contribution < 1.29 is 9.47 Å². The predicted molar refractivity (Wildman–Crippen MR) is 100 cm³/mol. The zero-order valence-corrected chi connectivity index (χ0v) is 14.4. The number of methoxy groups -OCH3 is 2. The van der Waals surface area contributed by atoms with Crippen LogP contribution in [0.15, 0.2) is 78.9 Å². The Morgan fingerprint density at radius 1 is 0.600 bits per heavy atom. The highest BCUT2D eigenvalue weighted by Crippen LogP contribution is 2.57. The number of hydrogen-bond acceptors (Lipinski definition) is 3. The SMILES string of the molecule is COc1ccc([C@@H]2[C@H](c3ccccc3)N2c2ccc(OC)cc2)cc1. The van der Waals surface area contributed by atoms with Crippen molar-refractivity contribution in [2.75, 3.05) is 19.1 Å². The van der Waals surface area contributed by atoms with Gasteiger partial charge in [0.2, 0.25) is 0 Å². The minimum atomic E-state index is 0.335. The summed E-state index contributed by atoms with van der Waals surface area (Å²) in [7, 11) is 3.39. The third-order valence-electron chi connectivity index (χ3n) is 4.78. The minimum absolute atomic E-state index is 0.335. The molecule has 3 aromatic carbocycles. The zero-order chi connectivity index (χ0) is 17.2. The van der Waals surface area contributed by atoms with Crippen molar-refractivity contribution in [1.82, 2.24) is 0 Å². The van der Waals surface area contributed by atoms with E-state index < -0.39 is 0 Å². The van der Waals surface area contributed by atoms with Gasteiger partial charge in [-0.1, -0.05) is 42.5 Å². The Morgan fingerprint density at radius 3 is 1.60 bits per heavy atom. The van der Waals surface area contributed by atoms with Crippen molar-refractivity contribution in [3.05, 3.63) is 90.0 Å². The summed E-state index contributed by atoms with van der Waals surface area (Å²) >= 11 is 0. The van der Waals surface area contributed by atoms with Gasteiger partial charge < -0.3 is 14.4 Å². The van der Waals surface area contributed by atoms with Crippen molar-refractivity contribution in [2.24, 2.45) is 0 Å². The molecule has 3 aromatic rings. The maximum absolute atomic E-state index is 5.29. The lowest BCUT2D eigenvalue weighted by Crippen LogP contribution is -1.96. The summed E-state index contributed by atoms with van der Waals surface area (Å²) in [6.45, 7) is 0. The molecule has 0 saturated carbocycles. The molecule has 0 spiro atoms. The van der Waals surface area contributed by atoms with Gasteiger partial charge in [-0.05, 0) is 47.5 Å². The molecule has 1 fully saturated rings. The van der Waals surface area contributed by atoms with E-state index in [9.17, 15) is 0 Å². The van der Waals surface area contributed by atoms with Crippen LogP contribution in [0.5, 0.6) is 11.5 Å². The van der Waals surface area contributed by atoms with Crippen LogP contribution in [0, 0.1) is 0 Å². The van der Waals surface area contributed by atoms with E-state index in [0.29, 0.717) is 12.1 Å². The van der Waals surface area contributed by atoms with Crippen LogP contribution >= 0.6 is 0 Å². The van der Waals surface area contributed by atoms with E-state index in [0.717, 1.165) is 11.5 Å². The fraction of sp³-hybridized carbons (Fsp3) is 0.182. The second-order valence-electron chi connectivity index (χ2n) is 6.18. The van der Waals surface area contributed by atoms with E-state index in [1.165, 1.54) is 16.8 Å². The van der Waals surface area contributed by atoms with Crippen LogP contribution in [-0.2, 0) is 0 Å². The van der Waals surface area contributed by atoms with Gasteiger partial charge in [0.05, 0.1) is 26.3 Å². The number of nitrogens with zero attached hydrogens (tertiary/aromatic N) is 1. The van der Waals surface area contributed by atoms with Gasteiger partial charge in [0.25, 0.3) is 0 Å². The lowest BCUT2D eigenvalue weighted by Gasteiger charge is -2.08. The van der Waals surface area contributed by atoms with E-state index in [-0.39, 0.29) is 0 Å². The van der Waals surface area contributed by atoms with Gasteiger partial charge in [-0.2, -0.15) is 0 Å². The third kappa shape index (κ3) is 2.93. The molecule has 0 radical (unpaired) electrons. The molecule has 0 N–H and O–H groups in total. The van der Waals surface area contributed by atoms with Gasteiger partial charge >= 0.3 is 0 Å². The molecule has 126 valence electrons. The maximum atomic E-state index is 5.29. The maximum Gasteiger partial charge on any atom is 0.119 e. The molecular weight excluding hydrogens is 310 g/mol. The van der Waals surface area contributed by atoms with Crippen LogP contribution in [0.2, 0.25) is 0 Å². The lowest BCUT2D eigenvalue weighted by molar-refractivity contribution is 0.414. The van der Waals surface area contributed by atoms with Crippen molar-refractivity contribution in [1.29, 1.82) is 0 Å². The largest absolute Gasteiger partial charge is 0.497 e. The fourth-order valence-electron chi connectivity index (χ4n) is 3.44. The van der Waals surface area contributed by atoms with Crippen LogP contribution < -0.4 is 14.4 Å². The Kier molecular flexibility index (Phi) is 4.06. The van der Waals surface area contributed by atoms with E-state index in [2.05, 4.69) is 59.5 Å². The van der Waals surface area contributed by atoms with Crippen molar-refractivity contribution >= 4 is 5.69 Å². The predicted octanol–water partition coefficient (Wildman–Crippen LogP) is 5.01. The van der Waals surface area contributed by atoms with Gasteiger partial charge in [0.15, 0.2) is 0 Å². The third-order valence-corrected chi connectivity index (χ3v) is 4.78. The molecule has 25 heavy (non-hydrogen) atoms. The second kappa shape index (κ2) is 6.52. The Morgan fingerprint density at radius 2 is 1.08 bits per heavy atom. The van der Waals surface area contributed by atoms with Gasteiger partial charge in [-0.3, -0.25) is 0 Å². The normalized spacial score (nSPS) is 18.7. The highest BCUT2D eigenvalue weighted by molar-refractivity contribution is 5.62. The summed E-state index contributed by atoms with van der Waals surface area (Å²) in [6.07, 6.45) is 0. The molecule has 1 aliphatic heterocycles. The first-order valence-corrected chi connectivity index (χ1v) is 8.43. The van der Waals surface area contributed by atoms with Crippen LogP contribution in [0.4, 0.5) is 5.69 Å².